The lowest BCUT2D eigenvalue weighted by Gasteiger charge is -2.60. The molecule has 4 fully saturated rings. The maximum Gasteiger partial charge on any atom is 0.264 e. The van der Waals surface area contributed by atoms with Gasteiger partial charge in [-0.05, 0) is 86.1 Å². The van der Waals surface area contributed by atoms with Gasteiger partial charge >= 0.3 is 0 Å². The molecule has 4 bridgehead atoms. The van der Waals surface area contributed by atoms with Crippen LogP contribution in [0.2, 0.25) is 0 Å². The highest BCUT2D eigenvalue weighted by molar-refractivity contribution is 6.24. The number of nitrogen functional groups attached to an aromatic ring is 1. The summed E-state index contributed by atoms with van der Waals surface area (Å²) in [5.41, 5.74) is 7.52. The molecule has 1 heterocycles. The average molecular weight is 474 g/mol. The number of hydrogen-bond donors (Lipinski definition) is 1. The lowest BCUT2D eigenvalue weighted by atomic mass is 9.52. The fourth-order valence-corrected chi connectivity index (χ4v) is 7.59. The van der Waals surface area contributed by atoms with E-state index in [1.165, 1.54) is 19.3 Å². The number of amides is 3. The van der Waals surface area contributed by atoms with Crippen molar-refractivity contribution in [1.82, 2.24) is 9.80 Å². The van der Waals surface area contributed by atoms with E-state index in [4.69, 9.17) is 10.5 Å². The number of carbonyl (C=O) groups is 3. The molecule has 4 saturated carbocycles. The van der Waals surface area contributed by atoms with Gasteiger partial charge in [0.15, 0.2) is 0 Å². The first kappa shape index (κ1) is 22.1. The zero-order valence-corrected chi connectivity index (χ0v) is 20.0. The van der Waals surface area contributed by atoms with Crippen LogP contribution < -0.4 is 10.5 Å². The summed E-state index contributed by atoms with van der Waals surface area (Å²) in [4.78, 5) is 43.3. The highest BCUT2D eigenvalue weighted by atomic mass is 16.5. The molecule has 3 amide bonds. The Bertz CT molecular complexity index is 1190. The smallest absolute Gasteiger partial charge is 0.264 e. The highest BCUT2D eigenvalue weighted by Gasteiger charge is 2.55. The summed E-state index contributed by atoms with van der Waals surface area (Å²) in [6.07, 6.45) is 6.80. The number of anilines is 1. The largest absolute Gasteiger partial charge is 0.497 e. The standard InChI is InChI=1S/C28H31N3O4/c1-35-21-5-2-4-17(11-21)15-31(28-12-18-8-19(13-28)10-20(9-18)14-28)24(32)16-30-26(33)22-6-3-7-23(29)25(22)27(30)34/h2-7,11,18-20H,8-10,12-16,29H2,1H3. The Hall–Kier alpha value is -3.35. The summed E-state index contributed by atoms with van der Waals surface area (Å²) in [6, 6.07) is 12.7. The van der Waals surface area contributed by atoms with Crippen molar-refractivity contribution in [1.29, 1.82) is 0 Å². The van der Waals surface area contributed by atoms with Crippen LogP contribution in [0.1, 0.15) is 64.8 Å². The van der Waals surface area contributed by atoms with Crippen LogP contribution in [0.4, 0.5) is 5.69 Å². The fraction of sp³-hybridized carbons (Fsp3) is 0.464. The molecule has 0 saturated heterocycles. The predicted molar refractivity (Wildman–Crippen MR) is 131 cm³/mol. The number of fused-ring (bicyclic) bond motifs is 1. The topological polar surface area (TPSA) is 92.9 Å². The minimum Gasteiger partial charge on any atom is -0.497 e. The number of nitrogens with two attached hydrogens (primary N) is 1. The van der Waals surface area contributed by atoms with Gasteiger partial charge in [-0.25, -0.2) is 0 Å². The van der Waals surface area contributed by atoms with Crippen LogP contribution in [-0.2, 0) is 11.3 Å². The zero-order valence-electron chi connectivity index (χ0n) is 20.0. The van der Waals surface area contributed by atoms with Gasteiger partial charge in [-0.15, -0.1) is 0 Å². The molecule has 2 aromatic rings. The monoisotopic (exact) mass is 473 g/mol. The number of benzene rings is 2. The van der Waals surface area contributed by atoms with Gasteiger partial charge in [-0.2, -0.15) is 0 Å². The molecule has 7 nitrogen and oxygen atoms in total. The van der Waals surface area contributed by atoms with Gasteiger partial charge in [-0.3, -0.25) is 19.3 Å². The minimum atomic E-state index is -0.483. The van der Waals surface area contributed by atoms with Crippen LogP contribution >= 0.6 is 0 Å². The molecule has 4 aliphatic carbocycles. The van der Waals surface area contributed by atoms with Gasteiger partial charge in [0, 0.05) is 17.8 Å². The maximum atomic E-state index is 14.0. The van der Waals surface area contributed by atoms with E-state index in [1.54, 1.807) is 25.3 Å². The van der Waals surface area contributed by atoms with E-state index in [9.17, 15) is 14.4 Å². The molecule has 1 aliphatic heterocycles. The second kappa shape index (κ2) is 8.11. The summed E-state index contributed by atoms with van der Waals surface area (Å²) in [7, 11) is 1.63. The second-order valence-corrected chi connectivity index (χ2v) is 10.9. The number of nitrogens with zero attached hydrogens (tertiary/aromatic N) is 2. The van der Waals surface area contributed by atoms with E-state index in [-0.39, 0.29) is 34.8 Å². The predicted octanol–water partition coefficient (Wildman–Crippen LogP) is 3.87. The van der Waals surface area contributed by atoms with E-state index in [0.29, 0.717) is 24.3 Å². The number of methoxy groups -OCH3 is 1. The van der Waals surface area contributed by atoms with Crippen LogP contribution in [0.3, 0.4) is 0 Å². The second-order valence-electron chi connectivity index (χ2n) is 10.9. The van der Waals surface area contributed by atoms with Gasteiger partial charge in [0.1, 0.15) is 12.3 Å². The average Bonchev–Trinajstić information content (AvgIpc) is 3.07. The van der Waals surface area contributed by atoms with E-state index < -0.39 is 11.8 Å². The van der Waals surface area contributed by atoms with Crippen molar-refractivity contribution in [2.75, 3.05) is 19.4 Å². The van der Waals surface area contributed by atoms with E-state index in [2.05, 4.69) is 0 Å². The first-order valence-corrected chi connectivity index (χ1v) is 12.5. The third-order valence-electron chi connectivity index (χ3n) is 8.68. The fourth-order valence-electron chi connectivity index (χ4n) is 7.59. The molecular weight excluding hydrogens is 442 g/mol. The molecule has 0 aromatic heterocycles. The molecular formula is C28H31N3O4. The molecule has 2 N–H and O–H groups in total. The number of imide groups is 1. The van der Waals surface area contributed by atoms with Crippen LogP contribution in [-0.4, -0.2) is 46.7 Å². The van der Waals surface area contributed by atoms with Crippen LogP contribution in [0.15, 0.2) is 42.5 Å². The number of hydrogen-bond acceptors (Lipinski definition) is 5. The third kappa shape index (κ3) is 3.60. The van der Waals surface area contributed by atoms with Crippen LogP contribution in [0.5, 0.6) is 5.75 Å². The lowest BCUT2D eigenvalue weighted by molar-refractivity contribution is -0.152. The summed E-state index contributed by atoms with van der Waals surface area (Å²) in [5.74, 6) is 1.60. The maximum absolute atomic E-state index is 14.0. The number of ether oxygens (including phenoxy) is 1. The molecule has 35 heavy (non-hydrogen) atoms. The summed E-state index contributed by atoms with van der Waals surface area (Å²) in [6.45, 7) is 0.172. The molecule has 0 atom stereocenters. The van der Waals surface area contributed by atoms with Crippen LogP contribution in [0, 0.1) is 17.8 Å². The Labute approximate surface area is 205 Å². The number of rotatable bonds is 6. The Morgan fingerprint density at radius 2 is 1.69 bits per heavy atom. The third-order valence-corrected chi connectivity index (χ3v) is 8.68. The first-order valence-electron chi connectivity index (χ1n) is 12.5. The van der Waals surface area contributed by atoms with Gasteiger partial charge in [0.05, 0.1) is 18.2 Å². The van der Waals surface area contributed by atoms with Gasteiger partial charge < -0.3 is 15.4 Å². The first-order chi connectivity index (χ1) is 16.9. The van der Waals surface area contributed by atoms with Crippen molar-refractivity contribution in [3.63, 3.8) is 0 Å². The molecule has 5 aliphatic rings. The SMILES string of the molecule is COc1cccc(CN(C(=O)CN2C(=O)c3cccc(N)c3C2=O)C23CC4CC(CC(C4)C2)C3)c1. The molecule has 0 spiro atoms. The molecule has 0 unspecified atom stereocenters. The zero-order chi connectivity index (χ0) is 24.3. The van der Waals surface area contributed by atoms with Crippen molar-refractivity contribution < 1.29 is 19.1 Å². The van der Waals surface area contributed by atoms with E-state index in [1.807, 2.05) is 29.2 Å². The van der Waals surface area contributed by atoms with Crippen molar-refractivity contribution in [2.24, 2.45) is 17.8 Å². The Morgan fingerprint density at radius 3 is 2.31 bits per heavy atom. The molecule has 2 aromatic carbocycles. The number of carbonyl (C=O) groups excluding carboxylic acids is 3. The summed E-state index contributed by atoms with van der Waals surface area (Å²) >= 11 is 0. The minimum absolute atomic E-state index is 0.178. The van der Waals surface area contributed by atoms with E-state index >= 15 is 0 Å². The molecule has 7 rings (SSSR count). The van der Waals surface area contributed by atoms with E-state index in [0.717, 1.165) is 35.5 Å². The molecule has 0 radical (unpaired) electrons. The van der Waals surface area contributed by atoms with Crippen LogP contribution in [0.25, 0.3) is 0 Å². The highest BCUT2D eigenvalue weighted by Crippen LogP contribution is 2.58. The van der Waals surface area contributed by atoms with Crippen molar-refractivity contribution in [2.45, 2.75) is 50.6 Å². The molecule has 7 heteroatoms. The molecule has 182 valence electrons. The van der Waals surface area contributed by atoms with Gasteiger partial charge in [0.2, 0.25) is 5.91 Å². The Balaban J connectivity index is 1.32. The Kier molecular flexibility index (Phi) is 5.13. The summed E-state index contributed by atoms with van der Waals surface area (Å²) < 4.78 is 5.42. The van der Waals surface area contributed by atoms with Crippen molar-refractivity contribution in [3.8, 4) is 5.75 Å². The quantitative estimate of drug-likeness (QED) is 0.508. The summed E-state index contributed by atoms with van der Waals surface area (Å²) in [5, 5.41) is 0. The lowest BCUT2D eigenvalue weighted by Crippen LogP contribution is -2.62. The van der Waals surface area contributed by atoms with Gasteiger partial charge in [0.25, 0.3) is 11.8 Å². The Morgan fingerprint density at radius 1 is 1.03 bits per heavy atom. The normalized spacial score (nSPS) is 28.4. The van der Waals surface area contributed by atoms with Crippen molar-refractivity contribution in [3.05, 3.63) is 59.2 Å². The van der Waals surface area contributed by atoms with Crippen molar-refractivity contribution >= 4 is 23.4 Å². The van der Waals surface area contributed by atoms with Gasteiger partial charge in [-0.1, -0.05) is 18.2 Å².